The van der Waals surface area contributed by atoms with E-state index in [-0.39, 0.29) is 12.1 Å². The zero-order valence-electron chi connectivity index (χ0n) is 11.5. The standard InChI is InChI=1S/C12H20N4O2/c1-8-13-9(15-12(2,3)4)6-10(14-8)16(5)7-11(17)18/h6H,7H2,1-5H3,(H,17,18)(H,13,14,15). The molecule has 0 aromatic carbocycles. The Bertz CT molecular complexity index is 440. The summed E-state index contributed by atoms with van der Waals surface area (Å²) in [6.45, 7) is 7.79. The fourth-order valence-corrected chi connectivity index (χ4v) is 1.48. The van der Waals surface area contributed by atoms with Gasteiger partial charge in [-0.25, -0.2) is 9.97 Å². The number of hydrogen-bond donors (Lipinski definition) is 2. The first kappa shape index (κ1) is 14.2. The molecule has 1 rings (SSSR count). The van der Waals surface area contributed by atoms with Gasteiger partial charge in [0, 0.05) is 18.7 Å². The molecule has 0 bridgehead atoms. The average Bonchev–Trinajstić information content (AvgIpc) is 2.12. The highest BCUT2D eigenvalue weighted by Gasteiger charge is 2.14. The fraction of sp³-hybridized carbons (Fsp3) is 0.583. The first-order chi connectivity index (χ1) is 8.17. The zero-order valence-corrected chi connectivity index (χ0v) is 11.5. The van der Waals surface area contributed by atoms with E-state index in [0.29, 0.717) is 17.5 Å². The number of carbonyl (C=O) groups is 1. The highest BCUT2D eigenvalue weighted by atomic mass is 16.4. The van der Waals surface area contributed by atoms with Crippen LogP contribution >= 0.6 is 0 Å². The van der Waals surface area contributed by atoms with Gasteiger partial charge in [0.25, 0.3) is 0 Å². The Morgan fingerprint density at radius 2 is 2.06 bits per heavy atom. The number of aryl methyl sites for hydroxylation is 1. The fourth-order valence-electron chi connectivity index (χ4n) is 1.48. The molecule has 0 saturated carbocycles. The Labute approximate surface area is 107 Å². The molecule has 18 heavy (non-hydrogen) atoms. The van der Waals surface area contributed by atoms with Crippen molar-refractivity contribution in [3.8, 4) is 0 Å². The second-order valence-electron chi connectivity index (χ2n) is 5.28. The Balaban J connectivity index is 2.97. The molecular formula is C12H20N4O2. The SMILES string of the molecule is Cc1nc(NC(C)(C)C)cc(N(C)CC(=O)O)n1. The molecule has 0 saturated heterocycles. The van der Waals surface area contributed by atoms with E-state index in [0.717, 1.165) is 0 Å². The summed E-state index contributed by atoms with van der Waals surface area (Å²) in [5.74, 6) is 1.01. The van der Waals surface area contributed by atoms with E-state index in [1.807, 2.05) is 20.8 Å². The molecule has 100 valence electrons. The maximum atomic E-state index is 10.7. The molecule has 0 aliphatic carbocycles. The van der Waals surface area contributed by atoms with E-state index < -0.39 is 5.97 Å². The van der Waals surface area contributed by atoms with Crippen molar-refractivity contribution in [2.45, 2.75) is 33.2 Å². The van der Waals surface area contributed by atoms with E-state index in [4.69, 9.17) is 5.11 Å². The van der Waals surface area contributed by atoms with Crippen LogP contribution in [-0.2, 0) is 4.79 Å². The summed E-state index contributed by atoms with van der Waals surface area (Å²) >= 11 is 0. The first-order valence-electron chi connectivity index (χ1n) is 5.74. The van der Waals surface area contributed by atoms with Crippen molar-refractivity contribution in [3.63, 3.8) is 0 Å². The lowest BCUT2D eigenvalue weighted by molar-refractivity contribution is -0.135. The molecule has 1 heterocycles. The number of rotatable bonds is 4. The minimum atomic E-state index is -0.890. The quantitative estimate of drug-likeness (QED) is 0.845. The maximum absolute atomic E-state index is 10.7. The van der Waals surface area contributed by atoms with Crippen molar-refractivity contribution < 1.29 is 9.90 Å². The molecule has 0 spiro atoms. The summed E-state index contributed by atoms with van der Waals surface area (Å²) in [6.07, 6.45) is 0. The zero-order chi connectivity index (χ0) is 13.9. The van der Waals surface area contributed by atoms with Gasteiger partial charge in [0.2, 0.25) is 0 Å². The molecule has 1 aromatic heterocycles. The van der Waals surface area contributed by atoms with Crippen LogP contribution in [0.2, 0.25) is 0 Å². The average molecular weight is 252 g/mol. The van der Waals surface area contributed by atoms with Gasteiger partial charge in [-0.05, 0) is 27.7 Å². The van der Waals surface area contributed by atoms with E-state index in [1.165, 1.54) is 0 Å². The topological polar surface area (TPSA) is 78.4 Å². The van der Waals surface area contributed by atoms with Gasteiger partial charge >= 0.3 is 5.97 Å². The van der Waals surface area contributed by atoms with Crippen molar-refractivity contribution in [1.82, 2.24) is 9.97 Å². The van der Waals surface area contributed by atoms with Crippen LogP contribution in [-0.4, -0.2) is 40.2 Å². The second kappa shape index (κ2) is 5.20. The van der Waals surface area contributed by atoms with Crippen molar-refractivity contribution in [1.29, 1.82) is 0 Å². The summed E-state index contributed by atoms with van der Waals surface area (Å²) in [5, 5.41) is 12.0. The molecule has 6 heteroatoms. The smallest absolute Gasteiger partial charge is 0.323 e. The summed E-state index contributed by atoms with van der Waals surface area (Å²) in [7, 11) is 1.69. The lowest BCUT2D eigenvalue weighted by Crippen LogP contribution is -2.29. The summed E-state index contributed by atoms with van der Waals surface area (Å²) in [6, 6.07) is 1.75. The highest BCUT2D eigenvalue weighted by Crippen LogP contribution is 2.17. The number of aromatic nitrogens is 2. The van der Waals surface area contributed by atoms with E-state index in [1.54, 1.807) is 24.9 Å². The number of nitrogens with one attached hydrogen (secondary N) is 1. The summed E-state index contributed by atoms with van der Waals surface area (Å²) in [5.41, 5.74) is -0.108. The second-order valence-corrected chi connectivity index (χ2v) is 5.28. The first-order valence-corrected chi connectivity index (χ1v) is 5.74. The van der Waals surface area contributed by atoms with Gasteiger partial charge in [-0.2, -0.15) is 0 Å². The van der Waals surface area contributed by atoms with E-state index in [9.17, 15) is 4.79 Å². The highest BCUT2D eigenvalue weighted by molar-refractivity contribution is 5.73. The lowest BCUT2D eigenvalue weighted by atomic mass is 10.1. The maximum Gasteiger partial charge on any atom is 0.323 e. The molecule has 0 radical (unpaired) electrons. The number of hydrogen-bond acceptors (Lipinski definition) is 5. The van der Waals surface area contributed by atoms with Gasteiger partial charge in [-0.15, -0.1) is 0 Å². The van der Waals surface area contributed by atoms with Gasteiger partial charge in [-0.1, -0.05) is 0 Å². The number of aliphatic carboxylic acids is 1. The number of anilines is 2. The Kier molecular flexibility index (Phi) is 4.11. The van der Waals surface area contributed by atoms with Crippen molar-refractivity contribution in [2.24, 2.45) is 0 Å². The molecule has 0 aliphatic heterocycles. The molecule has 0 fully saturated rings. The summed E-state index contributed by atoms with van der Waals surface area (Å²) < 4.78 is 0. The van der Waals surface area contributed by atoms with Crippen LogP contribution in [0.25, 0.3) is 0 Å². The van der Waals surface area contributed by atoms with Crippen LogP contribution in [0, 0.1) is 6.92 Å². The minimum absolute atomic E-state index is 0.0919. The Hall–Kier alpha value is -1.85. The van der Waals surface area contributed by atoms with Crippen LogP contribution in [0.4, 0.5) is 11.6 Å². The van der Waals surface area contributed by atoms with Gasteiger partial charge in [0.05, 0.1) is 0 Å². The molecule has 1 aromatic rings. The normalized spacial score (nSPS) is 11.2. The van der Waals surface area contributed by atoms with E-state index >= 15 is 0 Å². The van der Waals surface area contributed by atoms with Gasteiger partial charge in [0.15, 0.2) is 0 Å². The Morgan fingerprint density at radius 3 is 2.56 bits per heavy atom. The van der Waals surface area contributed by atoms with Crippen LogP contribution in [0.1, 0.15) is 26.6 Å². The Morgan fingerprint density at radius 1 is 1.44 bits per heavy atom. The molecule has 0 atom stereocenters. The van der Waals surface area contributed by atoms with Crippen LogP contribution in [0.3, 0.4) is 0 Å². The number of carboxylic acids is 1. The molecule has 6 nitrogen and oxygen atoms in total. The van der Waals surface area contributed by atoms with Gasteiger partial charge in [-0.3, -0.25) is 4.79 Å². The molecule has 0 amide bonds. The largest absolute Gasteiger partial charge is 0.480 e. The molecular weight excluding hydrogens is 232 g/mol. The van der Waals surface area contributed by atoms with Crippen molar-refractivity contribution >= 4 is 17.6 Å². The molecule has 0 unspecified atom stereocenters. The number of nitrogens with zero attached hydrogens (tertiary/aromatic N) is 3. The third-order valence-corrected chi connectivity index (χ3v) is 2.09. The van der Waals surface area contributed by atoms with Gasteiger partial charge in [0.1, 0.15) is 24.0 Å². The third-order valence-electron chi connectivity index (χ3n) is 2.09. The monoisotopic (exact) mass is 252 g/mol. The molecule has 2 N–H and O–H groups in total. The lowest BCUT2D eigenvalue weighted by Gasteiger charge is -2.23. The predicted molar refractivity (Wildman–Crippen MR) is 71.1 cm³/mol. The van der Waals surface area contributed by atoms with Gasteiger partial charge < -0.3 is 15.3 Å². The number of carboxylic acid groups (broad SMARTS) is 1. The number of likely N-dealkylation sites (N-methyl/N-ethyl adjacent to an activating group) is 1. The molecule has 0 aliphatic rings. The summed E-state index contributed by atoms with van der Waals surface area (Å²) in [4.78, 5) is 20.8. The van der Waals surface area contributed by atoms with Crippen molar-refractivity contribution in [3.05, 3.63) is 11.9 Å². The predicted octanol–water partition coefficient (Wildman–Crippen LogP) is 1.52. The van der Waals surface area contributed by atoms with Crippen LogP contribution in [0.5, 0.6) is 0 Å². The third kappa shape index (κ3) is 4.57. The van der Waals surface area contributed by atoms with E-state index in [2.05, 4.69) is 15.3 Å². The van der Waals surface area contributed by atoms with Crippen molar-refractivity contribution in [2.75, 3.05) is 23.8 Å². The van der Waals surface area contributed by atoms with Crippen LogP contribution in [0.15, 0.2) is 6.07 Å². The minimum Gasteiger partial charge on any atom is -0.480 e. The van der Waals surface area contributed by atoms with Crippen LogP contribution < -0.4 is 10.2 Å².